The van der Waals surface area contributed by atoms with Gasteiger partial charge in [0.05, 0.1) is 5.56 Å². The minimum absolute atomic E-state index is 0.0820. The summed E-state index contributed by atoms with van der Waals surface area (Å²) in [4.78, 5) is 11.5. The van der Waals surface area contributed by atoms with Crippen molar-refractivity contribution in [1.29, 1.82) is 0 Å². The Morgan fingerprint density at radius 2 is 1.88 bits per heavy atom. The zero-order valence-electron chi connectivity index (χ0n) is 9.90. The predicted molar refractivity (Wildman–Crippen MR) is 60.1 cm³/mol. The number of carbonyl (C=O) groups is 1. The van der Waals surface area contributed by atoms with Gasteiger partial charge in [0.25, 0.3) is 0 Å². The number of hydrogen-bond acceptors (Lipinski definition) is 1. The van der Waals surface area contributed by atoms with Crippen molar-refractivity contribution in [3.05, 3.63) is 34.9 Å². The van der Waals surface area contributed by atoms with E-state index in [0.29, 0.717) is 6.42 Å². The van der Waals surface area contributed by atoms with Crippen LogP contribution in [0, 0.1) is 0 Å². The lowest BCUT2D eigenvalue weighted by Crippen LogP contribution is -2.13. The van der Waals surface area contributed by atoms with E-state index in [9.17, 15) is 18.0 Å². The number of hydrogen-bond donors (Lipinski definition) is 0. The van der Waals surface area contributed by atoms with Gasteiger partial charge in [-0.25, -0.2) is 0 Å². The zero-order valence-corrected chi connectivity index (χ0v) is 9.90. The molecule has 0 aliphatic carbocycles. The monoisotopic (exact) mass is 244 g/mol. The first-order chi connectivity index (χ1) is 7.90. The quantitative estimate of drug-likeness (QED) is 0.723. The van der Waals surface area contributed by atoms with Gasteiger partial charge in [0, 0.05) is 12.0 Å². The average Bonchev–Trinajstić information content (AvgIpc) is 2.27. The Labute approximate surface area is 98.6 Å². The van der Waals surface area contributed by atoms with E-state index in [2.05, 4.69) is 0 Å². The number of carbonyl (C=O) groups excluding carboxylic acids is 1. The van der Waals surface area contributed by atoms with Crippen molar-refractivity contribution in [3.8, 4) is 0 Å². The van der Waals surface area contributed by atoms with Gasteiger partial charge >= 0.3 is 6.18 Å². The second-order valence-corrected chi connectivity index (χ2v) is 3.90. The first kappa shape index (κ1) is 13.7. The molecule has 0 saturated carbocycles. The number of alkyl halides is 3. The van der Waals surface area contributed by atoms with Crippen LogP contribution in [0.2, 0.25) is 0 Å². The third-order valence-electron chi connectivity index (χ3n) is 2.55. The Balaban J connectivity index is 3.27. The van der Waals surface area contributed by atoms with Crippen molar-refractivity contribution in [3.63, 3.8) is 0 Å². The topological polar surface area (TPSA) is 17.1 Å². The standard InChI is InChI=1S/C13H15F3O/c1-3-5-9-6-7-11(13(14,15)16)10(8-9)12(17)4-2/h6-8H,3-5H2,1-2H3. The summed E-state index contributed by atoms with van der Waals surface area (Å²) in [6.07, 6.45) is -2.86. The Bertz CT molecular complexity index is 408. The Hall–Kier alpha value is -1.32. The van der Waals surface area contributed by atoms with Crippen LogP contribution >= 0.6 is 0 Å². The van der Waals surface area contributed by atoms with E-state index in [1.54, 1.807) is 6.92 Å². The molecule has 17 heavy (non-hydrogen) atoms. The Morgan fingerprint density at radius 3 is 2.35 bits per heavy atom. The lowest BCUT2D eigenvalue weighted by Gasteiger charge is -2.13. The van der Waals surface area contributed by atoms with E-state index < -0.39 is 17.5 Å². The molecule has 1 rings (SSSR count). The van der Waals surface area contributed by atoms with E-state index in [1.807, 2.05) is 6.92 Å². The molecule has 0 atom stereocenters. The highest BCUT2D eigenvalue weighted by Gasteiger charge is 2.34. The Morgan fingerprint density at radius 1 is 1.24 bits per heavy atom. The van der Waals surface area contributed by atoms with Crippen molar-refractivity contribution in [1.82, 2.24) is 0 Å². The van der Waals surface area contributed by atoms with Crippen molar-refractivity contribution < 1.29 is 18.0 Å². The third kappa shape index (κ3) is 3.32. The van der Waals surface area contributed by atoms with Gasteiger partial charge in [-0.05, 0) is 24.1 Å². The predicted octanol–water partition coefficient (Wildman–Crippen LogP) is 4.25. The van der Waals surface area contributed by atoms with Crippen molar-refractivity contribution in [2.75, 3.05) is 0 Å². The minimum atomic E-state index is -4.47. The van der Waals surface area contributed by atoms with Crippen LogP contribution in [0.5, 0.6) is 0 Å². The van der Waals surface area contributed by atoms with Gasteiger partial charge in [-0.3, -0.25) is 4.79 Å². The molecule has 0 radical (unpaired) electrons. The highest BCUT2D eigenvalue weighted by molar-refractivity contribution is 5.97. The maximum absolute atomic E-state index is 12.7. The van der Waals surface area contributed by atoms with Gasteiger partial charge in [-0.1, -0.05) is 26.3 Å². The molecule has 0 saturated heterocycles. The van der Waals surface area contributed by atoms with Crippen molar-refractivity contribution >= 4 is 5.78 Å². The SMILES string of the molecule is CCCc1ccc(C(F)(F)F)c(C(=O)CC)c1. The van der Waals surface area contributed by atoms with E-state index in [-0.39, 0.29) is 12.0 Å². The Kier molecular flexibility index (Phi) is 4.32. The van der Waals surface area contributed by atoms with Gasteiger partial charge in [-0.2, -0.15) is 13.2 Å². The number of ketones is 1. The van der Waals surface area contributed by atoms with Gasteiger partial charge in [0.1, 0.15) is 0 Å². The molecular formula is C13H15F3O. The lowest BCUT2D eigenvalue weighted by atomic mass is 9.97. The number of halogens is 3. The van der Waals surface area contributed by atoms with Gasteiger partial charge in [0.2, 0.25) is 0 Å². The molecule has 0 spiro atoms. The van der Waals surface area contributed by atoms with E-state index in [0.717, 1.165) is 18.1 Å². The van der Waals surface area contributed by atoms with E-state index in [4.69, 9.17) is 0 Å². The lowest BCUT2D eigenvalue weighted by molar-refractivity contribution is -0.137. The molecule has 1 aromatic carbocycles. The van der Waals surface area contributed by atoms with Crippen LogP contribution in [0.1, 0.15) is 48.2 Å². The summed E-state index contributed by atoms with van der Waals surface area (Å²) in [5.74, 6) is -0.463. The van der Waals surface area contributed by atoms with Crippen LogP contribution in [0.4, 0.5) is 13.2 Å². The summed E-state index contributed by atoms with van der Waals surface area (Å²) in [6, 6.07) is 3.82. The van der Waals surface area contributed by atoms with Crippen LogP contribution in [0.25, 0.3) is 0 Å². The smallest absolute Gasteiger partial charge is 0.294 e. The van der Waals surface area contributed by atoms with Crippen molar-refractivity contribution in [2.24, 2.45) is 0 Å². The summed E-state index contributed by atoms with van der Waals surface area (Å²) in [6.45, 7) is 3.51. The fourth-order valence-corrected chi connectivity index (χ4v) is 1.70. The normalized spacial score (nSPS) is 11.6. The molecular weight excluding hydrogens is 229 g/mol. The first-order valence-corrected chi connectivity index (χ1v) is 5.63. The number of Topliss-reactive ketones (excluding diaryl/α,β-unsaturated/α-hetero) is 1. The summed E-state index contributed by atoms with van der Waals surface area (Å²) >= 11 is 0. The highest BCUT2D eigenvalue weighted by Crippen LogP contribution is 2.33. The van der Waals surface area contributed by atoms with Crippen molar-refractivity contribution in [2.45, 2.75) is 39.3 Å². The highest BCUT2D eigenvalue weighted by atomic mass is 19.4. The molecule has 0 aliphatic heterocycles. The molecule has 0 amide bonds. The molecule has 0 fully saturated rings. The maximum Gasteiger partial charge on any atom is 0.417 e. The van der Waals surface area contributed by atoms with Gasteiger partial charge < -0.3 is 0 Å². The second-order valence-electron chi connectivity index (χ2n) is 3.90. The molecule has 1 aromatic rings. The summed E-state index contributed by atoms with van der Waals surface area (Å²) < 4.78 is 38.1. The van der Waals surface area contributed by atoms with Crippen LogP contribution in [0.15, 0.2) is 18.2 Å². The molecule has 0 heterocycles. The number of aryl methyl sites for hydroxylation is 1. The second kappa shape index (κ2) is 5.34. The van der Waals surface area contributed by atoms with Crippen LogP contribution in [-0.2, 0) is 12.6 Å². The fraction of sp³-hybridized carbons (Fsp3) is 0.462. The van der Waals surface area contributed by atoms with Gasteiger partial charge in [0.15, 0.2) is 5.78 Å². The molecule has 0 unspecified atom stereocenters. The van der Waals surface area contributed by atoms with Gasteiger partial charge in [-0.15, -0.1) is 0 Å². The summed E-state index contributed by atoms with van der Waals surface area (Å²) in [5.41, 5.74) is -0.257. The molecule has 0 bridgehead atoms. The molecule has 4 heteroatoms. The molecule has 1 nitrogen and oxygen atoms in total. The zero-order chi connectivity index (χ0) is 13.1. The van der Waals surface area contributed by atoms with Crippen LogP contribution < -0.4 is 0 Å². The first-order valence-electron chi connectivity index (χ1n) is 5.63. The molecule has 0 aliphatic rings. The fourth-order valence-electron chi connectivity index (χ4n) is 1.70. The van der Waals surface area contributed by atoms with Crippen LogP contribution in [-0.4, -0.2) is 5.78 Å². The summed E-state index contributed by atoms with van der Waals surface area (Å²) in [7, 11) is 0. The average molecular weight is 244 g/mol. The number of rotatable bonds is 4. The van der Waals surface area contributed by atoms with Crippen LogP contribution in [0.3, 0.4) is 0 Å². The third-order valence-corrected chi connectivity index (χ3v) is 2.55. The maximum atomic E-state index is 12.7. The molecule has 0 N–H and O–H groups in total. The number of benzene rings is 1. The largest absolute Gasteiger partial charge is 0.417 e. The van der Waals surface area contributed by atoms with E-state index >= 15 is 0 Å². The molecule has 0 aromatic heterocycles. The van der Waals surface area contributed by atoms with E-state index in [1.165, 1.54) is 12.1 Å². The minimum Gasteiger partial charge on any atom is -0.294 e. The molecule has 94 valence electrons. The summed E-state index contributed by atoms with van der Waals surface area (Å²) in [5, 5.41) is 0.